The molecular formula is C33H33FN2O4. The molecule has 2 unspecified atom stereocenters. The number of nitrogens with zero attached hydrogens (tertiary/aromatic N) is 1. The van der Waals surface area contributed by atoms with Gasteiger partial charge in [0.15, 0.2) is 0 Å². The SMILES string of the molecule is CCOC(=O)C1CCNCC1c1ccc(-c2ccc(OCc3ccccc3)nc2OCc2ccccc2)cc1F. The topological polar surface area (TPSA) is 69.7 Å². The Kier molecular flexibility index (Phi) is 9.04. The number of hydrogen-bond donors (Lipinski definition) is 1. The highest BCUT2D eigenvalue weighted by molar-refractivity contribution is 5.74. The molecule has 1 saturated heterocycles. The second-order valence-corrected chi connectivity index (χ2v) is 9.74. The van der Waals surface area contributed by atoms with Gasteiger partial charge in [0.05, 0.1) is 12.5 Å². The molecule has 206 valence electrons. The summed E-state index contributed by atoms with van der Waals surface area (Å²) >= 11 is 0. The van der Waals surface area contributed by atoms with Crippen LogP contribution in [-0.2, 0) is 22.7 Å². The maximum absolute atomic E-state index is 15.6. The van der Waals surface area contributed by atoms with Gasteiger partial charge in [0, 0.05) is 24.1 Å². The van der Waals surface area contributed by atoms with E-state index in [0.717, 1.165) is 11.1 Å². The van der Waals surface area contributed by atoms with Crippen LogP contribution in [0.4, 0.5) is 4.39 Å². The second kappa shape index (κ2) is 13.2. The maximum atomic E-state index is 15.6. The lowest BCUT2D eigenvalue weighted by Crippen LogP contribution is -2.39. The van der Waals surface area contributed by atoms with Crippen molar-refractivity contribution in [3.8, 4) is 22.9 Å². The maximum Gasteiger partial charge on any atom is 0.309 e. The average Bonchev–Trinajstić information content (AvgIpc) is 3.00. The summed E-state index contributed by atoms with van der Waals surface area (Å²) in [5.41, 5.74) is 3.79. The van der Waals surface area contributed by atoms with E-state index in [1.165, 1.54) is 6.07 Å². The Labute approximate surface area is 234 Å². The van der Waals surface area contributed by atoms with Gasteiger partial charge in [-0.1, -0.05) is 72.8 Å². The third kappa shape index (κ3) is 6.66. The fourth-order valence-electron chi connectivity index (χ4n) is 5.00. The van der Waals surface area contributed by atoms with Crippen LogP contribution in [0.5, 0.6) is 11.8 Å². The number of carbonyl (C=O) groups is 1. The van der Waals surface area contributed by atoms with Gasteiger partial charge < -0.3 is 19.5 Å². The van der Waals surface area contributed by atoms with Crippen molar-refractivity contribution in [2.75, 3.05) is 19.7 Å². The molecule has 0 spiro atoms. The number of hydrogen-bond acceptors (Lipinski definition) is 6. The predicted octanol–water partition coefficient (Wildman–Crippen LogP) is 6.30. The van der Waals surface area contributed by atoms with E-state index >= 15 is 4.39 Å². The number of halogens is 1. The lowest BCUT2D eigenvalue weighted by atomic mass is 9.81. The van der Waals surface area contributed by atoms with E-state index < -0.39 is 0 Å². The number of pyridine rings is 1. The number of aromatic nitrogens is 1. The Morgan fingerprint density at radius 2 is 1.62 bits per heavy atom. The van der Waals surface area contributed by atoms with Crippen LogP contribution in [0.25, 0.3) is 11.1 Å². The zero-order chi connectivity index (χ0) is 27.7. The van der Waals surface area contributed by atoms with Crippen molar-refractivity contribution in [2.24, 2.45) is 5.92 Å². The highest BCUT2D eigenvalue weighted by Gasteiger charge is 2.34. The first-order chi connectivity index (χ1) is 19.6. The summed E-state index contributed by atoms with van der Waals surface area (Å²) < 4.78 is 33.0. The smallest absolute Gasteiger partial charge is 0.309 e. The first-order valence-corrected chi connectivity index (χ1v) is 13.6. The number of piperidine rings is 1. The fourth-order valence-corrected chi connectivity index (χ4v) is 5.00. The molecule has 2 atom stereocenters. The zero-order valence-corrected chi connectivity index (χ0v) is 22.5. The molecule has 4 aromatic rings. The minimum absolute atomic E-state index is 0.274. The summed E-state index contributed by atoms with van der Waals surface area (Å²) in [7, 11) is 0. The van der Waals surface area contributed by atoms with Gasteiger partial charge in [-0.3, -0.25) is 4.79 Å². The van der Waals surface area contributed by atoms with Crippen LogP contribution in [0.1, 0.15) is 36.0 Å². The summed E-state index contributed by atoms with van der Waals surface area (Å²) in [6.45, 7) is 3.98. The van der Waals surface area contributed by atoms with Crippen molar-refractivity contribution in [1.29, 1.82) is 0 Å². The largest absolute Gasteiger partial charge is 0.473 e. The highest BCUT2D eigenvalue weighted by atomic mass is 19.1. The van der Waals surface area contributed by atoms with Crippen molar-refractivity contribution in [3.63, 3.8) is 0 Å². The van der Waals surface area contributed by atoms with Gasteiger partial charge in [-0.15, -0.1) is 0 Å². The van der Waals surface area contributed by atoms with E-state index in [-0.39, 0.29) is 23.6 Å². The van der Waals surface area contributed by atoms with E-state index in [4.69, 9.17) is 14.2 Å². The number of carbonyl (C=O) groups excluding carboxylic acids is 1. The van der Waals surface area contributed by atoms with Crippen LogP contribution in [0.2, 0.25) is 0 Å². The molecule has 0 bridgehead atoms. The van der Waals surface area contributed by atoms with Gasteiger partial charge in [0.1, 0.15) is 19.0 Å². The Morgan fingerprint density at radius 3 is 2.30 bits per heavy atom. The molecule has 0 amide bonds. The predicted molar refractivity (Wildman–Crippen MR) is 152 cm³/mol. The monoisotopic (exact) mass is 540 g/mol. The van der Waals surface area contributed by atoms with E-state index in [1.807, 2.05) is 72.8 Å². The van der Waals surface area contributed by atoms with Crippen molar-refractivity contribution < 1.29 is 23.4 Å². The highest BCUT2D eigenvalue weighted by Crippen LogP contribution is 2.36. The number of nitrogens with one attached hydrogen (secondary N) is 1. The van der Waals surface area contributed by atoms with Gasteiger partial charge in [-0.2, -0.15) is 4.98 Å². The van der Waals surface area contributed by atoms with Crippen LogP contribution < -0.4 is 14.8 Å². The summed E-state index contributed by atoms with van der Waals surface area (Å²) in [4.78, 5) is 17.2. The van der Waals surface area contributed by atoms with Gasteiger partial charge in [-0.25, -0.2) is 4.39 Å². The average molecular weight is 541 g/mol. The van der Waals surface area contributed by atoms with Gasteiger partial charge in [-0.05, 0) is 54.3 Å². The third-order valence-electron chi connectivity index (χ3n) is 7.06. The molecule has 0 saturated carbocycles. The molecule has 1 fully saturated rings. The van der Waals surface area contributed by atoms with E-state index in [2.05, 4.69) is 10.3 Å². The second-order valence-electron chi connectivity index (χ2n) is 9.74. The summed E-state index contributed by atoms with van der Waals surface area (Å²) in [5, 5.41) is 3.29. The van der Waals surface area contributed by atoms with Crippen LogP contribution >= 0.6 is 0 Å². The Bertz CT molecular complexity index is 1410. The van der Waals surface area contributed by atoms with Crippen molar-refractivity contribution >= 4 is 5.97 Å². The molecule has 0 aliphatic carbocycles. The molecule has 1 aromatic heterocycles. The molecule has 1 aliphatic rings. The zero-order valence-electron chi connectivity index (χ0n) is 22.5. The summed E-state index contributed by atoms with van der Waals surface area (Å²) in [6.07, 6.45) is 0.608. The summed E-state index contributed by atoms with van der Waals surface area (Å²) in [5.74, 6) is -0.566. The van der Waals surface area contributed by atoms with Crippen molar-refractivity contribution in [3.05, 3.63) is 114 Å². The van der Waals surface area contributed by atoms with Crippen LogP contribution in [0.3, 0.4) is 0 Å². The number of rotatable bonds is 10. The van der Waals surface area contributed by atoms with E-state index in [0.29, 0.717) is 67.8 Å². The first kappa shape index (κ1) is 27.3. The summed E-state index contributed by atoms with van der Waals surface area (Å²) in [6, 6.07) is 28.3. The third-order valence-corrected chi connectivity index (χ3v) is 7.06. The first-order valence-electron chi connectivity index (χ1n) is 13.6. The van der Waals surface area contributed by atoms with Crippen LogP contribution in [0, 0.1) is 11.7 Å². The molecule has 2 heterocycles. The molecule has 5 rings (SSSR count). The lowest BCUT2D eigenvalue weighted by Gasteiger charge is -2.31. The minimum Gasteiger partial charge on any atom is -0.473 e. The van der Waals surface area contributed by atoms with Crippen molar-refractivity contribution in [1.82, 2.24) is 10.3 Å². The van der Waals surface area contributed by atoms with Gasteiger partial charge >= 0.3 is 5.97 Å². The Morgan fingerprint density at radius 1 is 0.925 bits per heavy atom. The molecule has 40 heavy (non-hydrogen) atoms. The van der Waals surface area contributed by atoms with Gasteiger partial charge in [0.2, 0.25) is 11.8 Å². The molecule has 1 N–H and O–H groups in total. The van der Waals surface area contributed by atoms with Gasteiger partial charge in [0.25, 0.3) is 0 Å². The fraction of sp³-hybridized carbons (Fsp3) is 0.273. The molecule has 3 aromatic carbocycles. The van der Waals surface area contributed by atoms with E-state index in [9.17, 15) is 4.79 Å². The standard InChI is InChI=1S/C33H33FN2O4/c1-2-38-33(37)28-17-18-35-20-29(28)27-14-13-25(19-30(27)34)26-15-16-31(39-21-23-9-5-3-6-10-23)36-32(26)40-22-24-11-7-4-8-12-24/h3-16,19,28-29,35H,2,17-18,20-22H2,1H3. The molecule has 0 radical (unpaired) electrons. The number of esters is 1. The number of ether oxygens (including phenoxy) is 3. The molecule has 6 nitrogen and oxygen atoms in total. The molecule has 7 heteroatoms. The number of benzene rings is 3. The molecule has 1 aliphatic heterocycles. The quantitative estimate of drug-likeness (QED) is 0.238. The Balaban J connectivity index is 1.42. The van der Waals surface area contributed by atoms with Crippen LogP contribution in [0.15, 0.2) is 91.0 Å². The minimum atomic E-state index is -0.381. The van der Waals surface area contributed by atoms with Crippen molar-refractivity contribution in [2.45, 2.75) is 32.5 Å². The lowest BCUT2D eigenvalue weighted by molar-refractivity contribution is -0.149. The van der Waals surface area contributed by atoms with Crippen LogP contribution in [-0.4, -0.2) is 30.6 Å². The van der Waals surface area contributed by atoms with E-state index in [1.54, 1.807) is 19.1 Å². The molecular weight excluding hydrogens is 507 g/mol. The Hall–Kier alpha value is -4.23. The normalized spacial score (nSPS) is 16.8.